The van der Waals surface area contributed by atoms with E-state index in [-0.39, 0.29) is 67.3 Å². The number of aromatic hydroxyl groups is 2. The van der Waals surface area contributed by atoms with Crippen LogP contribution in [-0.2, 0) is 19.4 Å². The van der Waals surface area contributed by atoms with E-state index < -0.39 is 15.7 Å². The van der Waals surface area contributed by atoms with Gasteiger partial charge in [0.2, 0.25) is 5.91 Å². The number of carbonyl (C=O) groups is 2. The predicted octanol–water partition coefficient (Wildman–Crippen LogP) is 4.62. The summed E-state index contributed by atoms with van der Waals surface area (Å²) in [5.74, 6) is 2.60. The Morgan fingerprint density at radius 1 is 1.04 bits per heavy atom. The molecule has 0 radical (unpaired) electrons. The minimum absolute atomic E-state index is 0. The Morgan fingerprint density at radius 3 is 2.22 bits per heavy atom. The molecule has 2 aromatic carbocycles. The highest BCUT2D eigenvalue weighted by Crippen LogP contribution is 2.29. The Kier molecular flexibility index (Phi) is 14.4. The van der Waals surface area contributed by atoms with Crippen molar-refractivity contribution in [3.05, 3.63) is 58.7 Å². The molecule has 0 spiro atoms. The van der Waals surface area contributed by atoms with E-state index in [1.807, 2.05) is 26.8 Å². The van der Waals surface area contributed by atoms with Crippen LogP contribution in [0.15, 0.2) is 47.5 Å². The van der Waals surface area contributed by atoms with E-state index in [0.29, 0.717) is 41.4 Å². The highest BCUT2D eigenvalue weighted by molar-refractivity contribution is 7.99. The summed E-state index contributed by atoms with van der Waals surface area (Å²) in [4.78, 5) is 25.8. The van der Waals surface area contributed by atoms with Crippen LogP contribution < -0.4 is 14.8 Å². The lowest BCUT2D eigenvalue weighted by atomic mass is 10.1. The van der Waals surface area contributed by atoms with Gasteiger partial charge in [-0.25, -0.2) is 13.2 Å². The third-order valence-corrected chi connectivity index (χ3v) is 9.80. The van der Waals surface area contributed by atoms with Crippen LogP contribution >= 0.6 is 11.8 Å². The monoisotopic (exact) mass is 666 g/mol. The number of nitrogens with zero attached hydrogens (tertiary/aromatic N) is 1. The summed E-state index contributed by atoms with van der Waals surface area (Å²) < 4.78 is 40.2. The van der Waals surface area contributed by atoms with Crippen LogP contribution in [0.3, 0.4) is 0 Å². The van der Waals surface area contributed by atoms with Gasteiger partial charge in [0, 0.05) is 41.8 Å². The molecule has 0 saturated carbocycles. The number of sulfone groups is 1. The van der Waals surface area contributed by atoms with E-state index in [2.05, 4.69) is 5.32 Å². The zero-order valence-corrected chi connectivity index (χ0v) is 27.4. The van der Waals surface area contributed by atoms with E-state index in [4.69, 9.17) is 14.2 Å². The number of benzene rings is 2. The molecule has 1 saturated heterocycles. The van der Waals surface area contributed by atoms with Crippen molar-refractivity contribution in [2.45, 2.75) is 53.7 Å². The molecule has 1 fully saturated rings. The van der Waals surface area contributed by atoms with E-state index in [1.54, 1.807) is 53.9 Å². The molecule has 4 rings (SSSR count). The first-order chi connectivity index (χ1) is 20.8. The zero-order chi connectivity index (χ0) is 32.4. The second-order valence-corrected chi connectivity index (χ2v) is 14.1. The van der Waals surface area contributed by atoms with Gasteiger partial charge in [0.25, 0.3) is 0 Å². The second kappa shape index (κ2) is 17.2. The molecule has 2 aliphatic rings. The standard InChI is InChI=1S/C16H23NO4S.C15H19NO5S.CH4/c1-11(2)21-16(19)17-7-8-22-10-13(17)9-20-15-6-4-5-14(18)12(15)3;1-10-13(17)4-3-5-14(10)21-8-11-6-7-22(19,20)9-12(11)15(18)16-2;/h4-6,11,13,18H,7-10H2,1-3H3;3-5,17H,6-9H2,1-2H3,(H,16,18);1H4. The minimum Gasteiger partial charge on any atom is -0.508 e. The number of amides is 2. The summed E-state index contributed by atoms with van der Waals surface area (Å²) in [6.07, 6.45) is -0.128. The smallest absolute Gasteiger partial charge is 0.410 e. The Morgan fingerprint density at radius 2 is 1.64 bits per heavy atom. The second-order valence-electron chi connectivity index (χ2n) is 10.8. The van der Waals surface area contributed by atoms with Crippen LogP contribution in [-0.4, -0.2) is 97.5 Å². The lowest BCUT2D eigenvalue weighted by Crippen LogP contribution is -2.49. The number of phenols is 2. The lowest BCUT2D eigenvalue weighted by Gasteiger charge is -2.34. The minimum atomic E-state index is -3.23. The van der Waals surface area contributed by atoms with E-state index in [0.717, 1.165) is 11.5 Å². The quantitative estimate of drug-likeness (QED) is 0.364. The summed E-state index contributed by atoms with van der Waals surface area (Å²) in [5.41, 5.74) is 2.25. The molecule has 0 bridgehead atoms. The fourth-order valence-corrected chi connectivity index (χ4v) is 7.05. The van der Waals surface area contributed by atoms with Crippen molar-refractivity contribution < 1.29 is 42.4 Å². The molecule has 2 aromatic rings. The molecule has 45 heavy (non-hydrogen) atoms. The molecule has 3 N–H and O–H groups in total. The number of likely N-dealkylation sites (N-methyl/N-ethyl adjacent to an activating group) is 1. The summed E-state index contributed by atoms with van der Waals surface area (Å²) in [6.45, 7) is 8.42. The highest BCUT2D eigenvalue weighted by Gasteiger charge is 2.30. The van der Waals surface area contributed by atoms with Crippen LogP contribution in [0.5, 0.6) is 23.0 Å². The van der Waals surface area contributed by atoms with Gasteiger partial charge in [-0.1, -0.05) is 19.6 Å². The molecule has 13 heteroatoms. The van der Waals surface area contributed by atoms with Crippen molar-refractivity contribution in [1.82, 2.24) is 10.2 Å². The first kappa shape index (κ1) is 37.6. The Hall–Kier alpha value is -3.58. The van der Waals surface area contributed by atoms with Gasteiger partial charge in [-0.2, -0.15) is 11.8 Å². The number of thioether (sulfide) groups is 1. The molecular weight excluding hydrogens is 620 g/mol. The SMILES string of the molecule is C.CNC(=O)C1=C(COc2cccc(O)c2C)CCS(=O)(=O)C1.Cc1c(O)cccc1OCC1CSCCN1C(=O)OC(C)C. The van der Waals surface area contributed by atoms with Gasteiger partial charge >= 0.3 is 6.09 Å². The average Bonchev–Trinajstić information content (AvgIpc) is 2.98. The van der Waals surface area contributed by atoms with Crippen molar-refractivity contribution in [2.24, 2.45) is 0 Å². The molecule has 2 amide bonds. The zero-order valence-electron chi connectivity index (χ0n) is 25.8. The molecule has 1 unspecified atom stereocenters. The van der Waals surface area contributed by atoms with E-state index >= 15 is 0 Å². The number of nitrogens with one attached hydrogen (secondary N) is 1. The van der Waals surface area contributed by atoms with Gasteiger partial charge in [-0.15, -0.1) is 0 Å². The van der Waals surface area contributed by atoms with Gasteiger partial charge in [0.1, 0.15) is 36.2 Å². The summed E-state index contributed by atoms with van der Waals surface area (Å²) in [6, 6.07) is 10.1. The average molecular weight is 667 g/mol. The van der Waals surface area contributed by atoms with Crippen molar-refractivity contribution >= 4 is 33.6 Å². The van der Waals surface area contributed by atoms with E-state index in [9.17, 15) is 28.2 Å². The number of ether oxygens (including phenoxy) is 3. The Labute approximate surface area is 270 Å². The van der Waals surface area contributed by atoms with Crippen molar-refractivity contribution in [3.8, 4) is 23.0 Å². The summed E-state index contributed by atoms with van der Waals surface area (Å²) >= 11 is 1.81. The highest BCUT2D eigenvalue weighted by atomic mass is 32.2. The Bertz CT molecular complexity index is 1460. The van der Waals surface area contributed by atoms with Crippen molar-refractivity contribution in [2.75, 3.05) is 49.8 Å². The van der Waals surface area contributed by atoms with Gasteiger partial charge in [0.15, 0.2) is 9.84 Å². The number of phenolic OH excluding ortho intramolecular Hbond substituents is 2. The molecule has 1 atom stereocenters. The normalized spacial score (nSPS) is 17.4. The molecule has 0 aliphatic carbocycles. The number of hydrogen-bond acceptors (Lipinski definition) is 10. The molecule has 0 aromatic heterocycles. The maximum absolute atomic E-state index is 12.2. The van der Waals surface area contributed by atoms with Crippen LogP contribution in [0.25, 0.3) is 0 Å². The van der Waals surface area contributed by atoms with Gasteiger partial charge in [-0.3, -0.25) is 4.79 Å². The van der Waals surface area contributed by atoms with Gasteiger partial charge < -0.3 is 34.6 Å². The van der Waals surface area contributed by atoms with Crippen molar-refractivity contribution in [3.63, 3.8) is 0 Å². The van der Waals surface area contributed by atoms with Gasteiger partial charge in [0.05, 0.1) is 23.7 Å². The molecule has 250 valence electrons. The predicted molar refractivity (Wildman–Crippen MR) is 177 cm³/mol. The first-order valence-electron chi connectivity index (χ1n) is 14.3. The fraction of sp³-hybridized carbons (Fsp3) is 0.500. The largest absolute Gasteiger partial charge is 0.508 e. The Balaban J connectivity index is 0.000000307. The number of hydrogen-bond donors (Lipinski definition) is 3. The molecule has 11 nitrogen and oxygen atoms in total. The molecule has 2 heterocycles. The number of carbonyl (C=O) groups excluding carboxylic acids is 2. The van der Waals surface area contributed by atoms with E-state index in [1.165, 1.54) is 7.05 Å². The summed E-state index contributed by atoms with van der Waals surface area (Å²) in [5, 5.41) is 21.8. The third-order valence-electron chi connectivity index (χ3n) is 7.15. The third kappa shape index (κ3) is 10.8. The number of rotatable bonds is 8. The van der Waals surface area contributed by atoms with Crippen LogP contribution in [0.1, 0.15) is 38.8 Å². The fourth-order valence-electron chi connectivity index (χ4n) is 4.53. The summed E-state index contributed by atoms with van der Waals surface area (Å²) in [7, 11) is -1.77. The molecule has 2 aliphatic heterocycles. The van der Waals surface area contributed by atoms with Crippen LogP contribution in [0, 0.1) is 13.8 Å². The first-order valence-corrected chi connectivity index (χ1v) is 17.3. The lowest BCUT2D eigenvalue weighted by molar-refractivity contribution is -0.117. The van der Waals surface area contributed by atoms with Crippen molar-refractivity contribution in [1.29, 1.82) is 0 Å². The maximum Gasteiger partial charge on any atom is 0.410 e. The van der Waals surface area contributed by atoms with Gasteiger partial charge in [-0.05, 0) is 64.0 Å². The van der Waals surface area contributed by atoms with Crippen LogP contribution in [0.4, 0.5) is 4.79 Å². The maximum atomic E-state index is 12.2. The van der Waals surface area contributed by atoms with Crippen LogP contribution in [0.2, 0.25) is 0 Å². The topological polar surface area (TPSA) is 152 Å². The molecular formula is C32H46N2O9S2.